The minimum absolute atomic E-state index is 0. The van der Waals surface area contributed by atoms with Crippen LogP contribution in [0.4, 0.5) is 11.6 Å². The smallest absolute Gasteiger partial charge is 0.390 e. The Labute approximate surface area is 157 Å². The summed E-state index contributed by atoms with van der Waals surface area (Å²) in [6.45, 7) is 1.31. The van der Waals surface area contributed by atoms with Gasteiger partial charge in [0.05, 0.1) is 12.1 Å². The highest BCUT2D eigenvalue weighted by molar-refractivity contribution is 5.93. The van der Waals surface area contributed by atoms with Crippen molar-refractivity contribution in [1.82, 2.24) is 14.5 Å². The van der Waals surface area contributed by atoms with E-state index in [0.29, 0.717) is 6.54 Å². The summed E-state index contributed by atoms with van der Waals surface area (Å²) in [5.41, 5.74) is 4.73. The molecule has 8 heteroatoms. The highest BCUT2D eigenvalue weighted by Gasteiger charge is 2.19. The van der Waals surface area contributed by atoms with Crippen molar-refractivity contribution in [3.8, 4) is 0 Å². The van der Waals surface area contributed by atoms with E-state index in [4.69, 9.17) is 4.98 Å². The van der Waals surface area contributed by atoms with Crippen molar-refractivity contribution >= 4 is 34.9 Å². The molecule has 0 radical (unpaired) electrons. The SMILES string of the molecule is Cl.O=[N+]([O-])c1nccn1CCCNc1c2c(nc3ccccc13)CCC2. The van der Waals surface area contributed by atoms with Crippen molar-refractivity contribution < 1.29 is 4.92 Å². The molecule has 7 nitrogen and oxygen atoms in total. The lowest BCUT2D eigenvalue weighted by atomic mass is 10.1. The molecule has 0 fully saturated rings. The van der Waals surface area contributed by atoms with E-state index in [1.54, 1.807) is 10.8 Å². The van der Waals surface area contributed by atoms with Gasteiger partial charge in [-0.15, -0.1) is 12.4 Å². The first kappa shape index (κ1) is 18.1. The summed E-state index contributed by atoms with van der Waals surface area (Å²) in [6.07, 6.45) is 7.14. The van der Waals surface area contributed by atoms with Crippen molar-refractivity contribution in [3.63, 3.8) is 0 Å². The summed E-state index contributed by atoms with van der Waals surface area (Å²) in [6, 6.07) is 8.20. The molecule has 0 saturated carbocycles. The third-order valence-corrected chi connectivity index (χ3v) is 4.65. The van der Waals surface area contributed by atoms with Crippen molar-refractivity contribution in [1.29, 1.82) is 0 Å². The summed E-state index contributed by atoms with van der Waals surface area (Å²) < 4.78 is 1.58. The zero-order chi connectivity index (χ0) is 17.2. The van der Waals surface area contributed by atoms with Gasteiger partial charge in [0.25, 0.3) is 0 Å². The van der Waals surface area contributed by atoms with Crippen LogP contribution in [0.1, 0.15) is 24.1 Å². The van der Waals surface area contributed by atoms with E-state index in [1.165, 1.54) is 23.1 Å². The number of halogens is 1. The Balaban J connectivity index is 0.00000196. The average molecular weight is 374 g/mol. The van der Waals surface area contributed by atoms with E-state index < -0.39 is 4.92 Å². The molecule has 0 aliphatic heterocycles. The van der Waals surface area contributed by atoms with Gasteiger partial charge in [0.15, 0.2) is 0 Å². The number of benzene rings is 1. The number of rotatable bonds is 6. The highest BCUT2D eigenvalue weighted by atomic mass is 35.5. The molecule has 26 heavy (non-hydrogen) atoms. The van der Waals surface area contributed by atoms with E-state index >= 15 is 0 Å². The van der Waals surface area contributed by atoms with Gasteiger partial charge in [-0.2, -0.15) is 0 Å². The molecule has 0 amide bonds. The van der Waals surface area contributed by atoms with E-state index in [-0.39, 0.29) is 18.4 Å². The second-order valence-electron chi connectivity index (χ2n) is 6.24. The molecular formula is C18H20ClN5O2. The second-order valence-corrected chi connectivity index (χ2v) is 6.24. The Kier molecular flexibility index (Phi) is 5.37. The number of pyridine rings is 1. The number of aromatic nitrogens is 3. The van der Waals surface area contributed by atoms with Crippen LogP contribution in [0.25, 0.3) is 10.9 Å². The summed E-state index contributed by atoms with van der Waals surface area (Å²) in [4.78, 5) is 19.0. The predicted molar refractivity (Wildman–Crippen MR) is 103 cm³/mol. The number of nitrogens with zero attached hydrogens (tertiary/aromatic N) is 4. The van der Waals surface area contributed by atoms with Crippen LogP contribution < -0.4 is 5.32 Å². The fraction of sp³-hybridized carbons (Fsp3) is 0.333. The largest absolute Gasteiger partial charge is 0.434 e. The number of imidazole rings is 1. The number of fused-ring (bicyclic) bond motifs is 2. The fourth-order valence-electron chi connectivity index (χ4n) is 3.52. The molecule has 3 aromatic rings. The summed E-state index contributed by atoms with van der Waals surface area (Å²) in [5.74, 6) is -0.102. The van der Waals surface area contributed by atoms with Gasteiger partial charge in [-0.05, 0) is 42.2 Å². The molecule has 0 atom stereocenters. The van der Waals surface area contributed by atoms with Crippen molar-refractivity contribution in [2.45, 2.75) is 32.2 Å². The van der Waals surface area contributed by atoms with Gasteiger partial charge in [0.1, 0.15) is 12.4 Å². The van der Waals surface area contributed by atoms with Crippen LogP contribution in [0.3, 0.4) is 0 Å². The molecule has 0 bridgehead atoms. The first-order valence-corrected chi connectivity index (χ1v) is 8.54. The summed E-state index contributed by atoms with van der Waals surface area (Å²) >= 11 is 0. The molecule has 2 heterocycles. The van der Waals surface area contributed by atoms with Crippen LogP contribution in [-0.4, -0.2) is 26.0 Å². The van der Waals surface area contributed by atoms with Crippen molar-refractivity contribution in [2.75, 3.05) is 11.9 Å². The van der Waals surface area contributed by atoms with E-state index in [0.717, 1.165) is 43.1 Å². The summed E-state index contributed by atoms with van der Waals surface area (Å²) in [5, 5.41) is 15.6. The number of hydrogen-bond donors (Lipinski definition) is 1. The van der Waals surface area contributed by atoms with Crippen LogP contribution in [0, 0.1) is 10.1 Å². The number of para-hydroxylation sites is 1. The molecule has 1 aromatic carbocycles. The van der Waals surface area contributed by atoms with E-state index in [1.807, 2.05) is 18.2 Å². The zero-order valence-corrected chi connectivity index (χ0v) is 15.0. The maximum Gasteiger partial charge on any atom is 0.434 e. The standard InChI is InChI=1S/C18H19N5O2.ClH/c24-23(25)18-20-10-12-22(18)11-4-9-19-17-13-5-1-2-7-15(13)21-16-8-3-6-14(16)17;/h1-2,5,7,10,12H,3-4,6,8-9,11H2,(H,19,21);1H. The topological polar surface area (TPSA) is 85.9 Å². The minimum Gasteiger partial charge on any atom is -0.390 e. The number of nitrogens with one attached hydrogen (secondary N) is 1. The van der Waals surface area contributed by atoms with Crippen LogP contribution in [-0.2, 0) is 19.4 Å². The first-order valence-electron chi connectivity index (χ1n) is 8.54. The summed E-state index contributed by atoms with van der Waals surface area (Å²) in [7, 11) is 0. The molecule has 0 spiro atoms. The molecule has 1 aliphatic carbocycles. The Morgan fingerprint density at radius 2 is 2.12 bits per heavy atom. The van der Waals surface area contributed by atoms with Gasteiger partial charge in [-0.1, -0.05) is 23.2 Å². The number of nitro groups is 1. The zero-order valence-electron chi connectivity index (χ0n) is 14.2. The van der Waals surface area contributed by atoms with Gasteiger partial charge in [-0.25, -0.2) is 4.57 Å². The van der Waals surface area contributed by atoms with E-state index in [2.05, 4.69) is 16.4 Å². The Morgan fingerprint density at radius 3 is 2.96 bits per heavy atom. The molecule has 2 aromatic heterocycles. The number of aryl methyl sites for hydroxylation is 2. The first-order chi connectivity index (χ1) is 12.2. The van der Waals surface area contributed by atoms with Gasteiger partial charge in [0, 0.05) is 23.3 Å². The maximum absolute atomic E-state index is 10.9. The van der Waals surface area contributed by atoms with Crippen LogP contribution in [0.2, 0.25) is 0 Å². The minimum atomic E-state index is -0.448. The lowest BCUT2D eigenvalue weighted by Gasteiger charge is -2.14. The molecule has 0 saturated heterocycles. The average Bonchev–Trinajstić information content (AvgIpc) is 3.26. The van der Waals surface area contributed by atoms with Crippen LogP contribution in [0.5, 0.6) is 0 Å². The Bertz CT molecular complexity index is 940. The van der Waals surface area contributed by atoms with Gasteiger partial charge in [0.2, 0.25) is 0 Å². The van der Waals surface area contributed by atoms with Gasteiger partial charge in [-0.3, -0.25) is 4.98 Å². The van der Waals surface area contributed by atoms with Crippen LogP contribution in [0.15, 0.2) is 36.7 Å². The third-order valence-electron chi connectivity index (χ3n) is 4.65. The monoisotopic (exact) mass is 373 g/mol. The molecular weight excluding hydrogens is 354 g/mol. The predicted octanol–water partition coefficient (Wildman–Crippen LogP) is 3.75. The molecule has 1 N–H and O–H groups in total. The van der Waals surface area contributed by atoms with Gasteiger partial charge >= 0.3 is 5.95 Å². The Hall–Kier alpha value is -2.67. The fourth-order valence-corrected chi connectivity index (χ4v) is 3.52. The van der Waals surface area contributed by atoms with Crippen molar-refractivity contribution in [2.24, 2.45) is 0 Å². The third kappa shape index (κ3) is 3.35. The normalized spacial score (nSPS) is 12.6. The second kappa shape index (κ2) is 7.70. The van der Waals surface area contributed by atoms with Crippen LogP contribution >= 0.6 is 12.4 Å². The maximum atomic E-state index is 10.9. The molecule has 1 aliphatic rings. The highest BCUT2D eigenvalue weighted by Crippen LogP contribution is 2.33. The van der Waals surface area contributed by atoms with Gasteiger partial charge < -0.3 is 15.4 Å². The Morgan fingerprint density at radius 1 is 1.27 bits per heavy atom. The molecule has 4 rings (SSSR count). The quantitative estimate of drug-likeness (QED) is 0.404. The van der Waals surface area contributed by atoms with E-state index in [9.17, 15) is 10.1 Å². The molecule has 0 unspecified atom stereocenters. The lowest BCUT2D eigenvalue weighted by Crippen LogP contribution is -2.10. The number of anilines is 1. The number of hydrogen-bond acceptors (Lipinski definition) is 5. The lowest BCUT2D eigenvalue weighted by molar-refractivity contribution is -0.396. The molecule has 136 valence electrons. The van der Waals surface area contributed by atoms with Crippen molar-refractivity contribution in [3.05, 3.63) is 58.0 Å².